The normalized spacial score (nSPS) is 28.2. The van der Waals surface area contributed by atoms with Crippen LogP contribution in [0.2, 0.25) is 0 Å². The van der Waals surface area contributed by atoms with Gasteiger partial charge in [0.2, 0.25) is 0 Å². The monoisotopic (exact) mass is 215 g/mol. The SMILES string of the molecule is CC1(C)NCCC1c1cccc(C2CC2)c1. The lowest BCUT2D eigenvalue weighted by atomic mass is 9.82. The Bertz CT molecular complexity index is 390. The maximum atomic E-state index is 3.61. The predicted octanol–water partition coefficient (Wildman–Crippen LogP) is 3.42. The molecule has 1 unspecified atom stereocenters. The Morgan fingerprint density at radius 3 is 2.50 bits per heavy atom. The van der Waals surface area contributed by atoms with E-state index in [1.54, 1.807) is 11.1 Å². The first-order valence-electron chi connectivity index (χ1n) is 6.52. The first kappa shape index (κ1) is 10.3. The van der Waals surface area contributed by atoms with E-state index >= 15 is 0 Å². The molecule has 0 radical (unpaired) electrons. The molecular weight excluding hydrogens is 194 g/mol. The summed E-state index contributed by atoms with van der Waals surface area (Å²) in [6, 6.07) is 9.32. The van der Waals surface area contributed by atoms with E-state index in [0.29, 0.717) is 5.92 Å². The van der Waals surface area contributed by atoms with Crippen molar-refractivity contribution in [2.24, 2.45) is 0 Å². The van der Waals surface area contributed by atoms with Gasteiger partial charge in [-0.2, -0.15) is 0 Å². The summed E-state index contributed by atoms with van der Waals surface area (Å²) in [5, 5.41) is 3.61. The molecule has 1 saturated carbocycles. The zero-order valence-corrected chi connectivity index (χ0v) is 10.3. The molecule has 0 amide bonds. The summed E-state index contributed by atoms with van der Waals surface area (Å²) in [6.07, 6.45) is 4.08. The van der Waals surface area contributed by atoms with Crippen LogP contribution in [0.4, 0.5) is 0 Å². The van der Waals surface area contributed by atoms with E-state index in [0.717, 1.165) is 12.5 Å². The summed E-state index contributed by atoms with van der Waals surface area (Å²) in [4.78, 5) is 0. The molecule has 1 N–H and O–H groups in total. The van der Waals surface area contributed by atoms with Crippen molar-refractivity contribution in [2.45, 2.75) is 50.5 Å². The molecule has 1 heterocycles. The highest BCUT2D eigenvalue weighted by Crippen LogP contribution is 2.42. The molecule has 1 aromatic rings. The van der Waals surface area contributed by atoms with E-state index in [2.05, 4.69) is 43.4 Å². The number of benzene rings is 1. The van der Waals surface area contributed by atoms with Gasteiger partial charge in [-0.25, -0.2) is 0 Å². The molecule has 0 aromatic heterocycles. The fraction of sp³-hybridized carbons (Fsp3) is 0.600. The van der Waals surface area contributed by atoms with Gasteiger partial charge in [-0.05, 0) is 56.7 Å². The Hall–Kier alpha value is -0.820. The van der Waals surface area contributed by atoms with E-state index < -0.39 is 0 Å². The van der Waals surface area contributed by atoms with E-state index in [1.165, 1.54) is 19.3 Å². The molecular formula is C15H21N. The second-order valence-corrected chi connectivity index (χ2v) is 5.93. The zero-order chi connectivity index (χ0) is 11.2. The Morgan fingerprint density at radius 1 is 1.12 bits per heavy atom. The van der Waals surface area contributed by atoms with Gasteiger partial charge < -0.3 is 5.32 Å². The second-order valence-electron chi connectivity index (χ2n) is 5.93. The smallest absolute Gasteiger partial charge is 0.0194 e. The van der Waals surface area contributed by atoms with Crippen LogP contribution in [0.15, 0.2) is 24.3 Å². The summed E-state index contributed by atoms with van der Waals surface area (Å²) in [5.74, 6) is 1.56. The van der Waals surface area contributed by atoms with Crippen molar-refractivity contribution < 1.29 is 0 Å². The van der Waals surface area contributed by atoms with Crippen LogP contribution in [0, 0.1) is 0 Å². The largest absolute Gasteiger partial charge is 0.311 e. The lowest BCUT2D eigenvalue weighted by Crippen LogP contribution is -2.36. The average Bonchev–Trinajstić information content (AvgIpc) is 3.03. The molecule has 3 rings (SSSR count). The third kappa shape index (κ3) is 1.78. The van der Waals surface area contributed by atoms with Crippen molar-refractivity contribution in [1.29, 1.82) is 0 Å². The molecule has 2 aliphatic rings. The van der Waals surface area contributed by atoms with E-state index in [9.17, 15) is 0 Å². The maximum absolute atomic E-state index is 3.61. The van der Waals surface area contributed by atoms with Crippen LogP contribution < -0.4 is 5.32 Å². The van der Waals surface area contributed by atoms with Crippen molar-refractivity contribution in [3.8, 4) is 0 Å². The highest BCUT2D eigenvalue weighted by molar-refractivity contribution is 5.33. The van der Waals surface area contributed by atoms with Crippen LogP contribution in [-0.2, 0) is 0 Å². The van der Waals surface area contributed by atoms with Gasteiger partial charge in [0.1, 0.15) is 0 Å². The molecule has 1 aliphatic heterocycles. The molecule has 86 valence electrons. The Labute approximate surface area is 98.3 Å². The lowest BCUT2D eigenvalue weighted by molar-refractivity contribution is 0.411. The average molecular weight is 215 g/mol. The van der Waals surface area contributed by atoms with Crippen molar-refractivity contribution >= 4 is 0 Å². The van der Waals surface area contributed by atoms with Gasteiger partial charge >= 0.3 is 0 Å². The van der Waals surface area contributed by atoms with Gasteiger partial charge in [0, 0.05) is 11.5 Å². The molecule has 2 fully saturated rings. The van der Waals surface area contributed by atoms with Crippen molar-refractivity contribution in [2.75, 3.05) is 6.54 Å². The number of rotatable bonds is 2. The number of hydrogen-bond acceptors (Lipinski definition) is 1. The minimum atomic E-state index is 0.266. The number of hydrogen-bond donors (Lipinski definition) is 1. The van der Waals surface area contributed by atoms with Crippen molar-refractivity contribution in [3.63, 3.8) is 0 Å². The van der Waals surface area contributed by atoms with E-state index in [4.69, 9.17) is 0 Å². The lowest BCUT2D eigenvalue weighted by Gasteiger charge is -2.27. The van der Waals surface area contributed by atoms with Gasteiger partial charge in [-0.3, -0.25) is 0 Å². The van der Waals surface area contributed by atoms with E-state index in [-0.39, 0.29) is 5.54 Å². The van der Waals surface area contributed by atoms with Crippen LogP contribution in [0.3, 0.4) is 0 Å². The third-order valence-electron chi connectivity index (χ3n) is 4.25. The predicted molar refractivity (Wildman–Crippen MR) is 67.9 cm³/mol. The van der Waals surface area contributed by atoms with Crippen molar-refractivity contribution in [3.05, 3.63) is 35.4 Å². The highest BCUT2D eigenvalue weighted by atomic mass is 15.0. The summed E-state index contributed by atoms with van der Waals surface area (Å²) in [5.41, 5.74) is 3.38. The molecule has 0 bridgehead atoms. The first-order valence-corrected chi connectivity index (χ1v) is 6.52. The molecule has 16 heavy (non-hydrogen) atoms. The minimum Gasteiger partial charge on any atom is -0.311 e. The van der Waals surface area contributed by atoms with Crippen LogP contribution in [-0.4, -0.2) is 12.1 Å². The molecule has 1 heteroatoms. The van der Waals surface area contributed by atoms with Gasteiger partial charge in [0.25, 0.3) is 0 Å². The quantitative estimate of drug-likeness (QED) is 0.797. The maximum Gasteiger partial charge on any atom is 0.0194 e. The minimum absolute atomic E-state index is 0.266. The van der Waals surface area contributed by atoms with Crippen molar-refractivity contribution in [1.82, 2.24) is 5.32 Å². The molecule has 1 aliphatic carbocycles. The van der Waals surface area contributed by atoms with Crippen LogP contribution in [0.5, 0.6) is 0 Å². The van der Waals surface area contributed by atoms with Crippen LogP contribution in [0.1, 0.15) is 56.1 Å². The molecule has 0 spiro atoms. The van der Waals surface area contributed by atoms with Gasteiger partial charge in [0.15, 0.2) is 0 Å². The zero-order valence-electron chi connectivity index (χ0n) is 10.3. The fourth-order valence-corrected chi connectivity index (χ4v) is 3.05. The molecule has 1 nitrogen and oxygen atoms in total. The summed E-state index contributed by atoms with van der Waals surface area (Å²) >= 11 is 0. The highest BCUT2D eigenvalue weighted by Gasteiger charge is 2.35. The first-order chi connectivity index (χ1) is 7.67. The topological polar surface area (TPSA) is 12.0 Å². The molecule has 1 saturated heterocycles. The van der Waals surface area contributed by atoms with Gasteiger partial charge in [0.05, 0.1) is 0 Å². The summed E-state index contributed by atoms with van der Waals surface area (Å²) in [6.45, 7) is 5.81. The van der Waals surface area contributed by atoms with Gasteiger partial charge in [-0.15, -0.1) is 0 Å². The Kier molecular flexibility index (Phi) is 2.32. The Balaban J connectivity index is 1.90. The van der Waals surface area contributed by atoms with Crippen LogP contribution in [0.25, 0.3) is 0 Å². The third-order valence-corrected chi connectivity index (χ3v) is 4.25. The summed E-state index contributed by atoms with van der Waals surface area (Å²) < 4.78 is 0. The molecule has 1 aromatic carbocycles. The molecule has 1 atom stereocenters. The second kappa shape index (κ2) is 3.59. The van der Waals surface area contributed by atoms with Crippen LogP contribution >= 0.6 is 0 Å². The summed E-state index contributed by atoms with van der Waals surface area (Å²) in [7, 11) is 0. The Morgan fingerprint density at radius 2 is 1.88 bits per heavy atom. The fourth-order valence-electron chi connectivity index (χ4n) is 3.05. The van der Waals surface area contributed by atoms with E-state index in [1.807, 2.05) is 0 Å². The van der Waals surface area contributed by atoms with Gasteiger partial charge in [-0.1, -0.05) is 24.3 Å². The number of nitrogens with one attached hydrogen (secondary N) is 1. The standard InChI is InChI=1S/C15H21N/c1-15(2)14(8-9-16-15)13-5-3-4-12(10-13)11-6-7-11/h3-5,10-11,14,16H,6-9H2,1-2H3.